The third kappa shape index (κ3) is 2.30. The summed E-state index contributed by atoms with van der Waals surface area (Å²) in [6, 6.07) is 16.7. The molecular weight excluding hydrogens is 248 g/mol. The van der Waals surface area contributed by atoms with Crippen molar-refractivity contribution in [1.29, 1.82) is 0 Å². The van der Waals surface area contributed by atoms with Crippen molar-refractivity contribution in [3.8, 4) is 11.1 Å². The van der Waals surface area contributed by atoms with Gasteiger partial charge in [-0.3, -0.25) is 0 Å². The first-order chi connectivity index (χ1) is 9.78. The molecule has 0 atom stereocenters. The molecule has 1 N–H and O–H groups in total. The number of aryl methyl sites for hydroxylation is 1. The number of amidine groups is 1. The molecule has 0 radical (unpaired) electrons. The molecule has 0 amide bonds. The Balaban J connectivity index is 2.05. The van der Waals surface area contributed by atoms with E-state index in [1.165, 1.54) is 11.1 Å². The minimum atomic E-state index is 0.385. The molecule has 0 fully saturated rings. The minimum Gasteiger partial charge on any atom is -0.361 e. The number of benzene rings is 2. The highest BCUT2D eigenvalue weighted by molar-refractivity contribution is 6.05. The van der Waals surface area contributed by atoms with E-state index >= 15 is 0 Å². The molecule has 1 aliphatic rings. The van der Waals surface area contributed by atoms with Gasteiger partial charge in [-0.1, -0.05) is 55.5 Å². The summed E-state index contributed by atoms with van der Waals surface area (Å²) in [4.78, 5) is 9.37. The number of hydrogen-bond donors (Lipinski definition) is 1. The highest BCUT2D eigenvalue weighted by Crippen LogP contribution is 2.25. The Labute approximate surface area is 118 Å². The third-order valence-electron chi connectivity index (χ3n) is 3.36. The second-order valence-corrected chi connectivity index (χ2v) is 4.65. The van der Waals surface area contributed by atoms with E-state index in [1.807, 2.05) is 18.2 Å². The van der Waals surface area contributed by atoms with Crippen LogP contribution in [0.3, 0.4) is 0 Å². The van der Waals surface area contributed by atoms with E-state index in [4.69, 9.17) is 4.84 Å². The predicted octanol–water partition coefficient (Wildman–Crippen LogP) is 3.67. The lowest BCUT2D eigenvalue weighted by Crippen LogP contribution is -2.18. The van der Waals surface area contributed by atoms with Crippen LogP contribution in [0, 0.1) is 0 Å². The molecule has 2 aromatic carbocycles. The van der Waals surface area contributed by atoms with Gasteiger partial charge in [-0.15, -0.1) is 0 Å². The maximum absolute atomic E-state index is 5.10. The summed E-state index contributed by atoms with van der Waals surface area (Å²) in [7, 11) is 0. The zero-order valence-corrected chi connectivity index (χ0v) is 11.4. The van der Waals surface area contributed by atoms with Crippen LogP contribution in [0.5, 0.6) is 0 Å². The highest BCUT2D eigenvalue weighted by atomic mass is 16.7. The maximum atomic E-state index is 5.10. The Bertz CT molecular complexity index is 672. The Morgan fingerprint density at radius 3 is 2.35 bits per heavy atom. The zero-order chi connectivity index (χ0) is 13.9. The Hall–Kier alpha value is -2.55. The summed E-state index contributed by atoms with van der Waals surface area (Å²) in [6.45, 7) is 5.84. The monoisotopic (exact) mass is 264 g/mol. The minimum absolute atomic E-state index is 0.385. The van der Waals surface area contributed by atoms with Gasteiger partial charge in [-0.2, -0.15) is 4.99 Å². The van der Waals surface area contributed by atoms with Gasteiger partial charge < -0.3 is 4.84 Å². The van der Waals surface area contributed by atoms with Crippen molar-refractivity contribution in [2.24, 2.45) is 4.99 Å². The molecule has 3 nitrogen and oxygen atoms in total. The Morgan fingerprint density at radius 1 is 1.05 bits per heavy atom. The average Bonchev–Trinajstić information content (AvgIpc) is 2.94. The first kappa shape index (κ1) is 12.5. The van der Waals surface area contributed by atoms with Crippen LogP contribution < -0.4 is 5.48 Å². The van der Waals surface area contributed by atoms with Crippen LogP contribution in [-0.2, 0) is 11.3 Å². The predicted molar refractivity (Wildman–Crippen MR) is 81.2 cm³/mol. The largest absolute Gasteiger partial charge is 0.361 e. The molecule has 0 aliphatic carbocycles. The Morgan fingerprint density at radius 2 is 1.75 bits per heavy atom. The van der Waals surface area contributed by atoms with Gasteiger partial charge in [-0.25, -0.2) is 5.48 Å². The van der Waals surface area contributed by atoms with Crippen molar-refractivity contribution in [1.82, 2.24) is 5.48 Å². The van der Waals surface area contributed by atoms with Crippen molar-refractivity contribution in [2.45, 2.75) is 13.3 Å². The van der Waals surface area contributed by atoms with Gasteiger partial charge >= 0.3 is 0 Å². The van der Waals surface area contributed by atoms with E-state index in [0.717, 1.165) is 17.5 Å². The normalized spacial score (nSPS) is 13.7. The molecule has 0 bridgehead atoms. The molecule has 0 saturated carbocycles. The number of nitrogens with zero attached hydrogens (tertiary/aromatic N) is 1. The van der Waals surface area contributed by atoms with E-state index in [-0.39, 0.29) is 0 Å². The summed E-state index contributed by atoms with van der Waals surface area (Å²) in [5.74, 6) is 1.08. The summed E-state index contributed by atoms with van der Waals surface area (Å²) in [6.07, 6.45) is 1.05. The van der Waals surface area contributed by atoms with E-state index in [9.17, 15) is 0 Å². The Kier molecular flexibility index (Phi) is 3.25. The van der Waals surface area contributed by atoms with E-state index in [2.05, 4.69) is 54.3 Å². The van der Waals surface area contributed by atoms with Crippen molar-refractivity contribution in [3.63, 3.8) is 0 Å². The van der Waals surface area contributed by atoms with Crippen molar-refractivity contribution < 1.29 is 4.84 Å². The maximum Gasteiger partial charge on any atom is 0.240 e. The molecule has 1 aliphatic heterocycles. The topological polar surface area (TPSA) is 33.6 Å². The van der Waals surface area contributed by atoms with Gasteiger partial charge in [0, 0.05) is 5.56 Å². The van der Waals surface area contributed by atoms with Crippen LogP contribution in [-0.4, -0.2) is 5.84 Å². The second kappa shape index (κ2) is 5.21. The molecule has 0 saturated heterocycles. The van der Waals surface area contributed by atoms with Crippen LogP contribution in [0.1, 0.15) is 18.1 Å². The molecular formula is C17H16N2O. The lowest BCUT2D eigenvalue weighted by molar-refractivity contribution is 0.179. The summed E-state index contributed by atoms with van der Waals surface area (Å²) < 4.78 is 0. The number of rotatable bonds is 3. The molecule has 3 heteroatoms. The standard InChI is InChI=1S/C17H16N2O/c1-3-13-8-10-14(11-9-13)15-6-4-5-7-16(15)17-18-12(2)20-19-17/h4-11H,2-3H2,1H3,(H,18,19). The van der Waals surface area contributed by atoms with Gasteiger partial charge in [0.1, 0.15) is 0 Å². The number of hydroxylamine groups is 1. The third-order valence-corrected chi connectivity index (χ3v) is 3.36. The van der Waals surface area contributed by atoms with Crippen LogP contribution in [0.4, 0.5) is 0 Å². The van der Waals surface area contributed by atoms with Gasteiger partial charge in [0.25, 0.3) is 0 Å². The lowest BCUT2D eigenvalue weighted by atomic mass is 9.98. The quantitative estimate of drug-likeness (QED) is 0.917. The fraction of sp³-hybridized carbons (Fsp3) is 0.118. The summed E-state index contributed by atoms with van der Waals surface area (Å²) in [5.41, 5.74) is 7.44. The summed E-state index contributed by atoms with van der Waals surface area (Å²) >= 11 is 0. The molecule has 1 heterocycles. The number of nitrogens with one attached hydrogen (secondary N) is 1. The summed E-state index contributed by atoms with van der Waals surface area (Å²) in [5, 5.41) is 0. The lowest BCUT2D eigenvalue weighted by Gasteiger charge is -2.09. The molecule has 3 rings (SSSR count). The van der Waals surface area contributed by atoms with Crippen LogP contribution >= 0.6 is 0 Å². The fourth-order valence-corrected chi connectivity index (χ4v) is 2.25. The van der Waals surface area contributed by atoms with E-state index in [1.54, 1.807) is 0 Å². The SMILES string of the molecule is C=C1N=C(c2ccccc2-c2ccc(CC)cc2)NO1. The van der Waals surface area contributed by atoms with Crippen LogP contribution in [0.15, 0.2) is 66.0 Å². The van der Waals surface area contributed by atoms with Gasteiger partial charge in [0.15, 0.2) is 5.84 Å². The highest BCUT2D eigenvalue weighted by Gasteiger charge is 2.16. The van der Waals surface area contributed by atoms with Gasteiger partial charge in [0.05, 0.1) is 0 Å². The molecule has 0 spiro atoms. The van der Waals surface area contributed by atoms with Crippen molar-refractivity contribution in [3.05, 3.63) is 72.1 Å². The molecule has 100 valence electrons. The van der Waals surface area contributed by atoms with E-state index in [0.29, 0.717) is 11.7 Å². The van der Waals surface area contributed by atoms with E-state index < -0.39 is 0 Å². The first-order valence-corrected chi connectivity index (χ1v) is 6.67. The van der Waals surface area contributed by atoms with Crippen LogP contribution in [0.2, 0.25) is 0 Å². The molecule has 2 aromatic rings. The van der Waals surface area contributed by atoms with Crippen LogP contribution in [0.25, 0.3) is 11.1 Å². The number of hydrogen-bond acceptors (Lipinski definition) is 3. The fourth-order valence-electron chi connectivity index (χ4n) is 2.25. The average molecular weight is 264 g/mol. The van der Waals surface area contributed by atoms with Crippen molar-refractivity contribution in [2.75, 3.05) is 0 Å². The second-order valence-electron chi connectivity index (χ2n) is 4.65. The molecule has 20 heavy (non-hydrogen) atoms. The first-order valence-electron chi connectivity index (χ1n) is 6.67. The van der Waals surface area contributed by atoms with Gasteiger partial charge in [0.2, 0.25) is 5.88 Å². The smallest absolute Gasteiger partial charge is 0.240 e. The zero-order valence-electron chi connectivity index (χ0n) is 11.4. The van der Waals surface area contributed by atoms with Crippen molar-refractivity contribution >= 4 is 5.84 Å². The number of aliphatic imine (C=N–C) groups is 1. The molecule has 0 aromatic heterocycles. The molecule has 0 unspecified atom stereocenters. The van der Waals surface area contributed by atoms with Gasteiger partial charge in [-0.05, 0) is 29.7 Å².